The van der Waals surface area contributed by atoms with E-state index >= 15 is 0 Å². The lowest BCUT2D eigenvalue weighted by molar-refractivity contribution is 0.0914. The van der Waals surface area contributed by atoms with E-state index < -0.39 is 0 Å². The Morgan fingerprint density at radius 3 is 3.11 bits per heavy atom. The van der Waals surface area contributed by atoms with Crippen molar-refractivity contribution in [1.82, 2.24) is 10.5 Å². The number of hydrogen-bond donors (Lipinski definition) is 1. The van der Waals surface area contributed by atoms with Crippen molar-refractivity contribution in [3.8, 4) is 0 Å². The summed E-state index contributed by atoms with van der Waals surface area (Å²) in [6.45, 7) is 0.477. The molecule has 0 spiro atoms. The van der Waals surface area contributed by atoms with Crippen LogP contribution in [0.25, 0.3) is 10.1 Å². The molecule has 3 aromatic rings. The van der Waals surface area contributed by atoms with E-state index in [-0.39, 0.29) is 11.7 Å². The lowest BCUT2D eigenvalue weighted by Crippen LogP contribution is -2.22. The molecule has 2 aromatic heterocycles. The number of benzene rings is 1. The fourth-order valence-corrected chi connectivity index (χ4v) is 2.50. The Morgan fingerprint density at radius 1 is 1.33 bits per heavy atom. The quantitative estimate of drug-likeness (QED) is 0.786. The van der Waals surface area contributed by atoms with Gasteiger partial charge in [-0.2, -0.15) is 0 Å². The van der Waals surface area contributed by atoms with Crippen LogP contribution in [0.2, 0.25) is 0 Å². The third-order valence-electron chi connectivity index (χ3n) is 2.63. The average Bonchev–Trinajstić information content (AvgIpc) is 3.05. The first-order valence-corrected chi connectivity index (χ1v) is 6.36. The number of nitrogens with one attached hydrogen (secondary N) is 1. The highest BCUT2D eigenvalue weighted by atomic mass is 32.1. The second-order valence-corrected chi connectivity index (χ2v) is 4.80. The van der Waals surface area contributed by atoms with Gasteiger partial charge in [-0.05, 0) is 34.5 Å². The molecule has 0 atom stereocenters. The van der Waals surface area contributed by atoms with Crippen molar-refractivity contribution < 1.29 is 9.32 Å². The summed E-state index contributed by atoms with van der Waals surface area (Å²) in [5.41, 5.74) is 1.06. The smallest absolute Gasteiger partial charge is 0.290 e. The third kappa shape index (κ3) is 2.12. The van der Waals surface area contributed by atoms with E-state index in [0.717, 1.165) is 5.56 Å². The Balaban J connectivity index is 1.71. The SMILES string of the molecule is O=C(NCc1ccc2sccc2c1)c1ccno1. The lowest BCUT2D eigenvalue weighted by Gasteiger charge is -2.03. The number of aromatic nitrogens is 1. The standard InChI is InChI=1S/C13H10N2O2S/c16-13(11-3-5-15-17-11)14-8-9-1-2-12-10(7-9)4-6-18-12/h1-7H,8H2,(H,14,16). The maximum absolute atomic E-state index is 11.6. The highest BCUT2D eigenvalue weighted by Gasteiger charge is 2.08. The number of rotatable bonds is 3. The summed E-state index contributed by atoms with van der Waals surface area (Å²) < 4.78 is 6.03. The van der Waals surface area contributed by atoms with Gasteiger partial charge in [0, 0.05) is 17.3 Å². The van der Waals surface area contributed by atoms with Gasteiger partial charge >= 0.3 is 0 Å². The molecule has 2 heterocycles. The molecule has 0 bridgehead atoms. The van der Waals surface area contributed by atoms with Crippen LogP contribution in [0, 0.1) is 0 Å². The van der Waals surface area contributed by atoms with Gasteiger partial charge in [0.25, 0.3) is 5.91 Å². The zero-order valence-electron chi connectivity index (χ0n) is 9.42. The van der Waals surface area contributed by atoms with Crippen molar-refractivity contribution in [2.45, 2.75) is 6.54 Å². The summed E-state index contributed by atoms with van der Waals surface area (Å²) in [6.07, 6.45) is 1.45. The van der Waals surface area contributed by atoms with Gasteiger partial charge in [-0.25, -0.2) is 0 Å². The van der Waals surface area contributed by atoms with Crippen LogP contribution in [0.1, 0.15) is 16.1 Å². The Bertz CT molecular complexity index is 673. The van der Waals surface area contributed by atoms with E-state index in [0.29, 0.717) is 6.54 Å². The van der Waals surface area contributed by atoms with Crippen molar-refractivity contribution >= 4 is 27.3 Å². The van der Waals surface area contributed by atoms with Crippen LogP contribution in [-0.4, -0.2) is 11.1 Å². The van der Waals surface area contributed by atoms with Crippen LogP contribution >= 0.6 is 11.3 Å². The minimum absolute atomic E-state index is 0.228. The zero-order chi connectivity index (χ0) is 12.4. The van der Waals surface area contributed by atoms with Gasteiger partial charge < -0.3 is 9.84 Å². The van der Waals surface area contributed by atoms with E-state index in [1.54, 1.807) is 11.3 Å². The molecular formula is C13H10N2O2S. The molecule has 0 radical (unpaired) electrons. The largest absolute Gasteiger partial charge is 0.351 e. The fraction of sp³-hybridized carbons (Fsp3) is 0.0769. The second-order valence-electron chi connectivity index (χ2n) is 3.85. The van der Waals surface area contributed by atoms with E-state index in [1.807, 2.05) is 6.07 Å². The van der Waals surface area contributed by atoms with Gasteiger partial charge in [0.1, 0.15) is 0 Å². The van der Waals surface area contributed by atoms with Crippen molar-refractivity contribution in [2.24, 2.45) is 0 Å². The first-order valence-electron chi connectivity index (χ1n) is 5.48. The molecule has 0 aliphatic rings. The molecule has 0 aliphatic carbocycles. The Labute approximate surface area is 107 Å². The van der Waals surface area contributed by atoms with Crippen LogP contribution in [-0.2, 0) is 6.54 Å². The number of thiophene rings is 1. The number of hydrogen-bond acceptors (Lipinski definition) is 4. The van der Waals surface area contributed by atoms with Crippen molar-refractivity contribution in [3.63, 3.8) is 0 Å². The van der Waals surface area contributed by atoms with Gasteiger partial charge in [0.15, 0.2) is 0 Å². The van der Waals surface area contributed by atoms with E-state index in [9.17, 15) is 4.79 Å². The average molecular weight is 258 g/mol. The summed E-state index contributed by atoms with van der Waals surface area (Å²) >= 11 is 1.71. The van der Waals surface area contributed by atoms with Crippen molar-refractivity contribution in [2.75, 3.05) is 0 Å². The number of amides is 1. The first-order chi connectivity index (χ1) is 8.83. The maximum atomic E-state index is 11.6. The minimum Gasteiger partial charge on any atom is -0.351 e. The highest BCUT2D eigenvalue weighted by molar-refractivity contribution is 7.17. The van der Waals surface area contributed by atoms with Crippen molar-refractivity contribution in [1.29, 1.82) is 0 Å². The van der Waals surface area contributed by atoms with Gasteiger partial charge in [-0.1, -0.05) is 11.2 Å². The lowest BCUT2D eigenvalue weighted by atomic mass is 10.1. The molecule has 1 aromatic carbocycles. The molecule has 1 N–H and O–H groups in total. The summed E-state index contributed by atoms with van der Waals surface area (Å²) in [4.78, 5) is 11.6. The second kappa shape index (κ2) is 4.62. The van der Waals surface area contributed by atoms with Crippen LogP contribution in [0.5, 0.6) is 0 Å². The van der Waals surface area contributed by atoms with Crippen LogP contribution < -0.4 is 5.32 Å². The van der Waals surface area contributed by atoms with Gasteiger partial charge in [0.05, 0.1) is 6.20 Å². The molecule has 1 amide bonds. The number of nitrogens with zero attached hydrogens (tertiary/aromatic N) is 1. The Morgan fingerprint density at radius 2 is 2.28 bits per heavy atom. The van der Waals surface area contributed by atoms with E-state index in [2.05, 4.69) is 34.1 Å². The normalized spacial score (nSPS) is 10.7. The van der Waals surface area contributed by atoms with Gasteiger partial charge in [-0.3, -0.25) is 4.79 Å². The third-order valence-corrected chi connectivity index (χ3v) is 3.53. The predicted molar refractivity (Wildman–Crippen MR) is 69.5 cm³/mol. The summed E-state index contributed by atoms with van der Waals surface area (Å²) in [5.74, 6) is -0.0236. The summed E-state index contributed by atoms with van der Waals surface area (Å²) in [6, 6.07) is 9.76. The molecule has 0 unspecified atom stereocenters. The Kier molecular flexibility index (Phi) is 2.82. The molecule has 0 saturated carbocycles. The molecule has 4 nitrogen and oxygen atoms in total. The molecule has 0 fully saturated rings. The van der Waals surface area contributed by atoms with Gasteiger partial charge in [0.2, 0.25) is 5.76 Å². The summed E-state index contributed by atoms with van der Waals surface area (Å²) in [5, 5.41) is 9.54. The predicted octanol–water partition coefficient (Wildman–Crippen LogP) is 2.82. The minimum atomic E-state index is -0.252. The molecule has 0 saturated heterocycles. The molecule has 18 heavy (non-hydrogen) atoms. The van der Waals surface area contributed by atoms with Crippen LogP contribution in [0.3, 0.4) is 0 Å². The van der Waals surface area contributed by atoms with Crippen LogP contribution in [0.15, 0.2) is 46.4 Å². The van der Waals surface area contributed by atoms with E-state index in [4.69, 9.17) is 4.52 Å². The molecular weight excluding hydrogens is 248 g/mol. The number of fused-ring (bicyclic) bond motifs is 1. The van der Waals surface area contributed by atoms with Crippen LogP contribution in [0.4, 0.5) is 0 Å². The monoisotopic (exact) mass is 258 g/mol. The number of carbonyl (C=O) groups excluding carboxylic acids is 1. The van der Waals surface area contributed by atoms with Crippen molar-refractivity contribution in [3.05, 3.63) is 53.2 Å². The zero-order valence-corrected chi connectivity index (χ0v) is 10.2. The summed E-state index contributed by atoms with van der Waals surface area (Å²) in [7, 11) is 0. The highest BCUT2D eigenvalue weighted by Crippen LogP contribution is 2.21. The topological polar surface area (TPSA) is 55.1 Å². The fourth-order valence-electron chi connectivity index (χ4n) is 1.73. The molecule has 5 heteroatoms. The molecule has 0 aliphatic heterocycles. The number of carbonyl (C=O) groups is 1. The molecule has 3 rings (SSSR count). The first kappa shape index (κ1) is 11.0. The van der Waals surface area contributed by atoms with Gasteiger partial charge in [-0.15, -0.1) is 11.3 Å². The Hall–Kier alpha value is -2.14. The molecule has 90 valence electrons. The van der Waals surface area contributed by atoms with E-state index in [1.165, 1.54) is 22.3 Å². The maximum Gasteiger partial charge on any atom is 0.290 e.